The Labute approximate surface area is 352 Å². The van der Waals surface area contributed by atoms with Crippen molar-refractivity contribution in [3.05, 3.63) is 132 Å². The Kier molecular flexibility index (Phi) is 15.6. The molecule has 16 nitrogen and oxygen atoms in total. The highest BCUT2D eigenvalue weighted by atomic mass is 16.4. The van der Waals surface area contributed by atoms with Gasteiger partial charge in [0, 0.05) is 36.4 Å². The van der Waals surface area contributed by atoms with E-state index in [2.05, 4.69) is 31.6 Å². The van der Waals surface area contributed by atoms with Gasteiger partial charge < -0.3 is 52.6 Å². The number of fused-ring (bicyclic) bond motifs is 1. The van der Waals surface area contributed by atoms with Crippen LogP contribution >= 0.6 is 0 Å². The van der Waals surface area contributed by atoms with E-state index in [9.17, 15) is 44.1 Å². The molecule has 5 atom stereocenters. The maximum atomic E-state index is 14.3. The summed E-state index contributed by atoms with van der Waals surface area (Å²) in [5, 5.41) is 43.1. The van der Waals surface area contributed by atoms with Crippen LogP contribution in [0.5, 0.6) is 11.5 Å². The molecule has 5 amide bonds. The normalized spacial score (nSPS) is 13.6. The largest absolute Gasteiger partial charge is 0.508 e. The summed E-state index contributed by atoms with van der Waals surface area (Å²) >= 11 is 0. The van der Waals surface area contributed by atoms with Gasteiger partial charge in [0.15, 0.2) is 0 Å². The molecule has 0 spiro atoms. The van der Waals surface area contributed by atoms with Crippen molar-refractivity contribution in [2.24, 2.45) is 11.7 Å². The summed E-state index contributed by atoms with van der Waals surface area (Å²) < 4.78 is 0. The third-order valence-electron chi connectivity index (χ3n) is 10.1. The third kappa shape index (κ3) is 13.1. The number of carbonyl (C=O) groups excluding carboxylic acids is 5. The monoisotopic (exact) mass is 833 g/mol. The summed E-state index contributed by atoms with van der Waals surface area (Å²) in [5.41, 5.74) is 9.48. The smallest absolute Gasteiger partial charge is 0.326 e. The number of hydrogen-bond acceptors (Lipinski definition) is 9. The fourth-order valence-electron chi connectivity index (χ4n) is 6.70. The predicted molar refractivity (Wildman–Crippen MR) is 227 cm³/mol. The maximum Gasteiger partial charge on any atom is 0.326 e. The average molecular weight is 834 g/mol. The Morgan fingerprint density at radius 2 is 1.11 bits per heavy atom. The van der Waals surface area contributed by atoms with Crippen LogP contribution in [0.25, 0.3) is 10.9 Å². The molecule has 0 bridgehead atoms. The van der Waals surface area contributed by atoms with Crippen LogP contribution in [0.2, 0.25) is 0 Å². The molecule has 5 rings (SSSR count). The van der Waals surface area contributed by atoms with Crippen LogP contribution in [0.3, 0.4) is 0 Å². The van der Waals surface area contributed by atoms with E-state index in [4.69, 9.17) is 5.73 Å². The van der Waals surface area contributed by atoms with Crippen LogP contribution < -0.4 is 32.3 Å². The van der Waals surface area contributed by atoms with Crippen molar-refractivity contribution >= 4 is 46.4 Å². The lowest BCUT2D eigenvalue weighted by atomic mass is 9.99. The number of rotatable bonds is 20. The van der Waals surface area contributed by atoms with Gasteiger partial charge in [-0.1, -0.05) is 86.6 Å². The highest BCUT2D eigenvalue weighted by molar-refractivity contribution is 5.96. The summed E-state index contributed by atoms with van der Waals surface area (Å²) in [5.74, 6) is -5.29. The molecule has 0 saturated heterocycles. The molecule has 1 heterocycles. The number of H-pyrrole nitrogens is 1. The molecule has 1 unspecified atom stereocenters. The molecule has 4 aromatic carbocycles. The average Bonchev–Trinajstić information content (AvgIpc) is 3.65. The zero-order valence-electron chi connectivity index (χ0n) is 33.8. The molecule has 0 saturated carbocycles. The van der Waals surface area contributed by atoms with Crippen molar-refractivity contribution in [3.63, 3.8) is 0 Å². The lowest BCUT2D eigenvalue weighted by Crippen LogP contribution is -2.60. The number of aromatic nitrogens is 1. The molecule has 61 heavy (non-hydrogen) atoms. The third-order valence-corrected chi connectivity index (χ3v) is 10.1. The Balaban J connectivity index is 1.33. The van der Waals surface area contributed by atoms with E-state index < -0.39 is 78.2 Å². The topological polar surface area (TPSA) is 265 Å². The van der Waals surface area contributed by atoms with Crippen molar-refractivity contribution in [3.8, 4) is 11.5 Å². The Morgan fingerprint density at radius 3 is 1.74 bits per heavy atom. The number of benzene rings is 4. The fraction of sp³-hybridized carbons (Fsp3) is 0.289. The van der Waals surface area contributed by atoms with Crippen LogP contribution in [0, 0.1) is 5.92 Å². The molecule has 0 aliphatic heterocycles. The van der Waals surface area contributed by atoms with Crippen LogP contribution in [0.1, 0.15) is 36.1 Å². The summed E-state index contributed by atoms with van der Waals surface area (Å²) in [7, 11) is 0. The first kappa shape index (κ1) is 44.9. The molecular formula is C45H51N7O9. The summed E-state index contributed by atoms with van der Waals surface area (Å²) in [6.07, 6.45) is 1.75. The number of amides is 5. The summed E-state index contributed by atoms with van der Waals surface area (Å²) in [4.78, 5) is 83.7. The Morgan fingerprint density at radius 1 is 0.590 bits per heavy atom. The molecule has 320 valence electrons. The fourth-order valence-corrected chi connectivity index (χ4v) is 6.70. The molecule has 11 N–H and O–H groups in total. The van der Waals surface area contributed by atoms with E-state index in [1.165, 1.54) is 36.4 Å². The molecular weight excluding hydrogens is 783 g/mol. The second kappa shape index (κ2) is 21.2. The van der Waals surface area contributed by atoms with E-state index in [1.807, 2.05) is 24.3 Å². The lowest BCUT2D eigenvalue weighted by Gasteiger charge is -2.28. The number of para-hydroxylation sites is 1. The van der Waals surface area contributed by atoms with E-state index >= 15 is 0 Å². The first-order valence-electron chi connectivity index (χ1n) is 19.8. The van der Waals surface area contributed by atoms with Gasteiger partial charge >= 0.3 is 5.97 Å². The van der Waals surface area contributed by atoms with Gasteiger partial charge in [0.1, 0.15) is 35.7 Å². The van der Waals surface area contributed by atoms with Crippen molar-refractivity contribution in [1.82, 2.24) is 31.6 Å². The number of aliphatic carboxylic acids is 1. The lowest BCUT2D eigenvalue weighted by molar-refractivity contribution is -0.142. The van der Waals surface area contributed by atoms with Crippen molar-refractivity contribution in [2.75, 3.05) is 6.54 Å². The number of phenols is 2. The first-order chi connectivity index (χ1) is 29.2. The van der Waals surface area contributed by atoms with Gasteiger partial charge in [-0.3, -0.25) is 24.0 Å². The van der Waals surface area contributed by atoms with Crippen molar-refractivity contribution in [1.29, 1.82) is 0 Å². The number of hydrogen-bond donors (Lipinski definition) is 10. The SMILES string of the molecule is CC(C)C(NC(=O)[C@H](Cc1c[nH]c2ccccc12)NC(=O)[C@H](Cc1ccccc1)NC(=O)CNC(=O)[C@@H](N)Cc1ccc(O)cc1)C(=O)N[C@@H](Cc1ccc(O)cc1)C(=O)O. The second-order valence-electron chi connectivity index (χ2n) is 15.1. The van der Waals surface area contributed by atoms with E-state index in [1.54, 1.807) is 62.5 Å². The summed E-state index contributed by atoms with van der Waals surface area (Å²) in [6, 6.07) is 22.2. The predicted octanol–water partition coefficient (Wildman–Crippen LogP) is 1.97. The molecule has 1 aromatic heterocycles. The van der Waals surface area contributed by atoms with Crippen molar-refractivity contribution < 1.29 is 44.1 Å². The van der Waals surface area contributed by atoms with E-state index in [-0.39, 0.29) is 37.2 Å². The number of nitrogens with one attached hydrogen (secondary N) is 6. The van der Waals surface area contributed by atoms with Gasteiger partial charge in [-0.2, -0.15) is 0 Å². The molecule has 0 aliphatic carbocycles. The number of nitrogens with two attached hydrogens (primary N) is 1. The van der Waals surface area contributed by atoms with Gasteiger partial charge in [-0.15, -0.1) is 0 Å². The molecule has 0 fully saturated rings. The van der Waals surface area contributed by atoms with Gasteiger partial charge in [0.25, 0.3) is 0 Å². The van der Waals surface area contributed by atoms with Crippen LogP contribution in [-0.4, -0.2) is 92.6 Å². The number of phenolic OH excluding ortho intramolecular Hbond substituents is 2. The minimum absolute atomic E-state index is 0.00161. The number of carboxylic acids is 1. The number of aromatic amines is 1. The van der Waals surface area contributed by atoms with Crippen LogP contribution in [0.15, 0.2) is 109 Å². The quantitative estimate of drug-likeness (QED) is 0.0545. The minimum Gasteiger partial charge on any atom is -0.508 e. The Hall–Kier alpha value is -7.20. The standard InChI is InChI=1S/C45H51N7O9/c1-26(2)40(44(59)51-38(45(60)61)22-29-14-18-32(54)19-15-29)52-43(58)37(23-30-24-47-35-11-7-6-10-33(30)35)50-42(57)36(21-27-8-4-3-5-9-27)49-39(55)25-48-41(56)34(46)20-28-12-16-31(53)17-13-28/h3-19,24,26,34,36-38,40,47,53-54H,20-23,25,46H2,1-2H3,(H,48,56)(H,49,55)(H,50,57)(H,51,59)(H,52,58)(H,60,61)/t34-,36-,37-,38-,40?/m0/s1. The number of carbonyl (C=O) groups is 6. The number of carboxylic acid groups (broad SMARTS) is 1. The van der Waals surface area contributed by atoms with Gasteiger partial charge in [0.05, 0.1) is 12.6 Å². The van der Waals surface area contributed by atoms with Gasteiger partial charge in [-0.05, 0) is 64.9 Å². The van der Waals surface area contributed by atoms with Gasteiger partial charge in [-0.25, -0.2) is 4.79 Å². The van der Waals surface area contributed by atoms with Crippen molar-refractivity contribution in [2.45, 2.75) is 69.7 Å². The minimum atomic E-state index is -1.36. The molecule has 16 heteroatoms. The van der Waals surface area contributed by atoms with Gasteiger partial charge in [0.2, 0.25) is 29.5 Å². The zero-order valence-corrected chi connectivity index (χ0v) is 33.8. The highest BCUT2D eigenvalue weighted by Gasteiger charge is 2.33. The highest BCUT2D eigenvalue weighted by Crippen LogP contribution is 2.20. The zero-order chi connectivity index (χ0) is 44.1. The summed E-state index contributed by atoms with van der Waals surface area (Å²) in [6.45, 7) is 2.85. The first-order valence-corrected chi connectivity index (χ1v) is 19.8. The van der Waals surface area contributed by atoms with E-state index in [0.717, 1.165) is 10.9 Å². The molecule has 0 radical (unpaired) electrons. The molecule has 5 aromatic rings. The second-order valence-corrected chi connectivity index (χ2v) is 15.1. The maximum absolute atomic E-state index is 14.3. The molecule has 0 aliphatic rings. The van der Waals surface area contributed by atoms with Crippen LogP contribution in [0.4, 0.5) is 0 Å². The Bertz CT molecular complexity index is 2300. The van der Waals surface area contributed by atoms with E-state index in [0.29, 0.717) is 22.3 Å². The number of aromatic hydroxyl groups is 2. The van der Waals surface area contributed by atoms with Crippen LogP contribution in [-0.2, 0) is 54.5 Å².